The Morgan fingerprint density at radius 3 is 2.46 bits per heavy atom. The van der Waals surface area contributed by atoms with Gasteiger partial charge in [-0.1, -0.05) is 11.6 Å². The minimum absolute atomic E-state index is 0.313. The summed E-state index contributed by atoms with van der Waals surface area (Å²) in [6, 6.07) is 13.3. The van der Waals surface area contributed by atoms with Gasteiger partial charge in [-0.05, 0) is 62.7 Å². The zero-order chi connectivity index (χ0) is 17.3. The van der Waals surface area contributed by atoms with Crippen LogP contribution < -0.4 is 4.74 Å². The molecule has 0 fully saturated rings. The highest BCUT2D eigenvalue weighted by molar-refractivity contribution is 6.05. The Labute approximate surface area is 140 Å². The molecule has 1 N–H and O–H groups in total. The number of nitrogens with zero attached hydrogens (tertiary/aromatic N) is 1. The summed E-state index contributed by atoms with van der Waals surface area (Å²) < 4.78 is 5.46. The monoisotopic (exact) mass is 321 g/mol. The third kappa shape index (κ3) is 2.83. The maximum atomic E-state index is 11.8. The van der Waals surface area contributed by atoms with Gasteiger partial charge in [0.1, 0.15) is 5.75 Å². The predicted octanol–water partition coefficient (Wildman–Crippen LogP) is 4.62. The van der Waals surface area contributed by atoms with E-state index in [0.29, 0.717) is 34.3 Å². The van der Waals surface area contributed by atoms with Gasteiger partial charge in [0.05, 0.1) is 23.4 Å². The Bertz CT molecular complexity index is 914. The number of aryl methyl sites for hydroxylation is 1. The Morgan fingerprint density at radius 2 is 1.83 bits per heavy atom. The Hall–Kier alpha value is -2.88. The summed E-state index contributed by atoms with van der Waals surface area (Å²) in [5.74, 6) is -0.147. The van der Waals surface area contributed by atoms with Gasteiger partial charge in [-0.25, -0.2) is 9.78 Å². The maximum absolute atomic E-state index is 11.8. The molecule has 0 unspecified atom stereocenters. The van der Waals surface area contributed by atoms with E-state index < -0.39 is 5.97 Å². The van der Waals surface area contributed by atoms with Crippen molar-refractivity contribution in [1.29, 1.82) is 0 Å². The van der Waals surface area contributed by atoms with Crippen molar-refractivity contribution in [2.45, 2.75) is 20.8 Å². The van der Waals surface area contributed by atoms with Crippen LogP contribution in [-0.4, -0.2) is 22.7 Å². The second-order valence-corrected chi connectivity index (χ2v) is 5.74. The number of carboxylic acid groups (broad SMARTS) is 1. The summed E-state index contributed by atoms with van der Waals surface area (Å²) in [5.41, 5.74) is 4.25. The van der Waals surface area contributed by atoms with E-state index in [1.165, 1.54) is 0 Å². The standard InChI is InChI=1S/C20H19NO3/c1-4-24-15-8-6-14(7-9-15)19-13(3)18(20(22)23)16-11-12(2)5-10-17(16)21-19/h5-11H,4H2,1-3H3,(H,22,23). The third-order valence-corrected chi connectivity index (χ3v) is 4.04. The molecular formula is C20H19NO3. The number of hydrogen-bond donors (Lipinski definition) is 1. The number of rotatable bonds is 4. The molecule has 24 heavy (non-hydrogen) atoms. The van der Waals surface area contributed by atoms with Gasteiger partial charge in [-0.3, -0.25) is 0 Å². The van der Waals surface area contributed by atoms with E-state index in [1.54, 1.807) is 0 Å². The fourth-order valence-corrected chi connectivity index (χ4v) is 2.90. The third-order valence-electron chi connectivity index (χ3n) is 4.04. The summed E-state index contributed by atoms with van der Waals surface area (Å²) >= 11 is 0. The van der Waals surface area contributed by atoms with Gasteiger partial charge in [0, 0.05) is 10.9 Å². The van der Waals surface area contributed by atoms with Crippen molar-refractivity contribution >= 4 is 16.9 Å². The van der Waals surface area contributed by atoms with Crippen LogP contribution in [0.3, 0.4) is 0 Å². The van der Waals surface area contributed by atoms with E-state index in [4.69, 9.17) is 9.72 Å². The lowest BCUT2D eigenvalue weighted by Crippen LogP contribution is -2.05. The summed E-state index contributed by atoms with van der Waals surface area (Å²) in [6.07, 6.45) is 0. The molecule has 0 bridgehead atoms. The summed E-state index contributed by atoms with van der Waals surface area (Å²) in [6.45, 7) is 6.30. The second kappa shape index (κ2) is 6.32. The Kier molecular flexibility index (Phi) is 4.21. The normalized spacial score (nSPS) is 10.8. The number of benzene rings is 2. The lowest BCUT2D eigenvalue weighted by atomic mass is 9.97. The molecule has 0 aliphatic rings. The van der Waals surface area contributed by atoms with Crippen LogP contribution in [0.25, 0.3) is 22.2 Å². The molecule has 2 aromatic carbocycles. The van der Waals surface area contributed by atoms with Gasteiger partial charge in [0.2, 0.25) is 0 Å². The van der Waals surface area contributed by atoms with Crippen LogP contribution >= 0.6 is 0 Å². The molecule has 0 spiro atoms. The molecule has 3 aromatic rings. The molecule has 122 valence electrons. The van der Waals surface area contributed by atoms with E-state index in [2.05, 4.69) is 0 Å². The van der Waals surface area contributed by atoms with Crippen molar-refractivity contribution in [1.82, 2.24) is 4.98 Å². The Morgan fingerprint density at radius 1 is 1.12 bits per heavy atom. The number of carbonyl (C=O) groups is 1. The predicted molar refractivity (Wildman–Crippen MR) is 94.8 cm³/mol. The number of fused-ring (bicyclic) bond motifs is 1. The van der Waals surface area contributed by atoms with Crippen molar-refractivity contribution in [2.24, 2.45) is 0 Å². The maximum Gasteiger partial charge on any atom is 0.336 e. The number of hydrogen-bond acceptors (Lipinski definition) is 3. The molecule has 0 aliphatic carbocycles. The number of carboxylic acids is 1. The molecule has 0 saturated heterocycles. The van der Waals surface area contributed by atoms with Crippen molar-refractivity contribution in [3.05, 3.63) is 59.2 Å². The molecule has 4 nitrogen and oxygen atoms in total. The van der Waals surface area contributed by atoms with E-state index in [0.717, 1.165) is 16.9 Å². The second-order valence-electron chi connectivity index (χ2n) is 5.74. The Balaban J connectivity index is 2.23. The average Bonchev–Trinajstić information content (AvgIpc) is 2.55. The molecular weight excluding hydrogens is 302 g/mol. The fourth-order valence-electron chi connectivity index (χ4n) is 2.90. The van der Waals surface area contributed by atoms with Crippen LogP contribution in [0.15, 0.2) is 42.5 Å². The van der Waals surface area contributed by atoms with Crippen LogP contribution in [0.2, 0.25) is 0 Å². The van der Waals surface area contributed by atoms with Crippen LogP contribution in [0.4, 0.5) is 0 Å². The van der Waals surface area contributed by atoms with E-state index in [9.17, 15) is 9.90 Å². The first-order valence-electron chi connectivity index (χ1n) is 7.88. The zero-order valence-corrected chi connectivity index (χ0v) is 14.0. The molecule has 4 heteroatoms. The van der Waals surface area contributed by atoms with E-state index in [-0.39, 0.29) is 0 Å². The highest BCUT2D eigenvalue weighted by Gasteiger charge is 2.18. The van der Waals surface area contributed by atoms with E-state index in [1.807, 2.05) is 63.2 Å². The van der Waals surface area contributed by atoms with Crippen LogP contribution in [0.1, 0.15) is 28.4 Å². The number of aromatic carboxylic acids is 1. The van der Waals surface area contributed by atoms with Gasteiger partial charge < -0.3 is 9.84 Å². The SMILES string of the molecule is CCOc1ccc(-c2nc3ccc(C)cc3c(C(=O)O)c2C)cc1. The van der Waals surface area contributed by atoms with Crippen molar-refractivity contribution in [3.8, 4) is 17.0 Å². The minimum atomic E-state index is -0.933. The first kappa shape index (κ1) is 16.0. The first-order chi connectivity index (χ1) is 11.5. The van der Waals surface area contributed by atoms with Crippen LogP contribution in [-0.2, 0) is 0 Å². The van der Waals surface area contributed by atoms with E-state index >= 15 is 0 Å². The molecule has 1 aromatic heterocycles. The lowest BCUT2D eigenvalue weighted by molar-refractivity contribution is 0.0698. The van der Waals surface area contributed by atoms with Crippen molar-refractivity contribution in [3.63, 3.8) is 0 Å². The van der Waals surface area contributed by atoms with Crippen molar-refractivity contribution < 1.29 is 14.6 Å². The molecule has 0 atom stereocenters. The van der Waals surface area contributed by atoms with Gasteiger partial charge in [-0.2, -0.15) is 0 Å². The number of pyridine rings is 1. The van der Waals surface area contributed by atoms with Gasteiger partial charge in [0.15, 0.2) is 0 Å². The fraction of sp³-hybridized carbons (Fsp3) is 0.200. The highest BCUT2D eigenvalue weighted by Crippen LogP contribution is 2.31. The van der Waals surface area contributed by atoms with Crippen LogP contribution in [0.5, 0.6) is 5.75 Å². The smallest absolute Gasteiger partial charge is 0.336 e. The van der Waals surface area contributed by atoms with Crippen molar-refractivity contribution in [2.75, 3.05) is 6.61 Å². The first-order valence-corrected chi connectivity index (χ1v) is 7.88. The number of aromatic nitrogens is 1. The topological polar surface area (TPSA) is 59.4 Å². The van der Waals surface area contributed by atoms with Gasteiger partial charge >= 0.3 is 5.97 Å². The molecule has 3 rings (SSSR count). The molecule has 0 amide bonds. The average molecular weight is 321 g/mol. The molecule has 0 radical (unpaired) electrons. The molecule has 1 heterocycles. The quantitative estimate of drug-likeness (QED) is 0.762. The molecule has 0 aliphatic heterocycles. The lowest BCUT2D eigenvalue weighted by Gasteiger charge is -2.13. The summed E-state index contributed by atoms with van der Waals surface area (Å²) in [4.78, 5) is 16.5. The van der Waals surface area contributed by atoms with Gasteiger partial charge in [0.25, 0.3) is 0 Å². The van der Waals surface area contributed by atoms with Gasteiger partial charge in [-0.15, -0.1) is 0 Å². The largest absolute Gasteiger partial charge is 0.494 e. The summed E-state index contributed by atoms with van der Waals surface area (Å²) in [7, 11) is 0. The van der Waals surface area contributed by atoms with Crippen LogP contribution in [0, 0.1) is 13.8 Å². The number of ether oxygens (including phenoxy) is 1. The minimum Gasteiger partial charge on any atom is -0.494 e. The molecule has 0 saturated carbocycles. The zero-order valence-electron chi connectivity index (χ0n) is 14.0. The highest BCUT2D eigenvalue weighted by atomic mass is 16.5. The summed E-state index contributed by atoms with van der Waals surface area (Å²) in [5, 5.41) is 10.4.